The van der Waals surface area contributed by atoms with Gasteiger partial charge < -0.3 is 4.74 Å². The topological polar surface area (TPSA) is 60.2 Å². The maximum absolute atomic E-state index is 5.80. The molecule has 0 saturated heterocycles. The van der Waals surface area contributed by atoms with E-state index in [1.54, 1.807) is 12.4 Å². The smallest absolute Gasteiger partial charge is 0.124 e. The predicted molar refractivity (Wildman–Crippen MR) is 80.2 cm³/mol. The second kappa shape index (κ2) is 7.62. The summed E-state index contributed by atoms with van der Waals surface area (Å²) in [7, 11) is 0. The van der Waals surface area contributed by atoms with Crippen molar-refractivity contribution in [2.75, 3.05) is 6.61 Å². The van der Waals surface area contributed by atoms with Crippen molar-refractivity contribution in [3.63, 3.8) is 0 Å². The Hall–Kier alpha value is -1.91. The summed E-state index contributed by atoms with van der Waals surface area (Å²) in [6.45, 7) is 2.81. The van der Waals surface area contributed by atoms with E-state index in [4.69, 9.17) is 10.6 Å². The minimum atomic E-state index is 0.0189. The molecule has 0 aliphatic carbocycles. The van der Waals surface area contributed by atoms with Gasteiger partial charge in [0, 0.05) is 18.0 Å². The maximum atomic E-state index is 5.80. The molecule has 1 unspecified atom stereocenters. The molecule has 20 heavy (non-hydrogen) atoms. The van der Waals surface area contributed by atoms with Crippen LogP contribution in [0.3, 0.4) is 0 Å². The van der Waals surface area contributed by atoms with Gasteiger partial charge in [-0.2, -0.15) is 0 Å². The van der Waals surface area contributed by atoms with Crippen LogP contribution in [-0.4, -0.2) is 11.6 Å². The normalized spacial score (nSPS) is 12.1. The van der Waals surface area contributed by atoms with Crippen LogP contribution in [0, 0.1) is 0 Å². The standard InChI is InChI=1S/C16H21N3O/c1-2-11-20-16-6-4-3-5-14(16)15(19-17)12-13-7-9-18-10-8-13/h3-10,15,19H,2,11-12,17H2,1H3. The molecule has 0 amide bonds. The lowest BCUT2D eigenvalue weighted by Crippen LogP contribution is -2.30. The van der Waals surface area contributed by atoms with Gasteiger partial charge >= 0.3 is 0 Å². The minimum Gasteiger partial charge on any atom is -0.493 e. The molecule has 1 heterocycles. The Bertz CT molecular complexity index is 516. The van der Waals surface area contributed by atoms with Gasteiger partial charge in [-0.15, -0.1) is 0 Å². The van der Waals surface area contributed by atoms with Crippen LogP contribution in [0.1, 0.15) is 30.5 Å². The maximum Gasteiger partial charge on any atom is 0.124 e. The lowest BCUT2D eigenvalue weighted by molar-refractivity contribution is 0.310. The zero-order valence-corrected chi connectivity index (χ0v) is 11.8. The molecular formula is C16H21N3O. The number of ether oxygens (including phenoxy) is 1. The van der Waals surface area contributed by atoms with Crippen molar-refractivity contribution < 1.29 is 4.74 Å². The molecular weight excluding hydrogens is 250 g/mol. The van der Waals surface area contributed by atoms with E-state index in [1.165, 1.54) is 5.56 Å². The van der Waals surface area contributed by atoms with Crippen LogP contribution in [0.5, 0.6) is 5.75 Å². The lowest BCUT2D eigenvalue weighted by Gasteiger charge is -2.20. The highest BCUT2D eigenvalue weighted by molar-refractivity contribution is 5.37. The molecule has 2 aromatic rings. The van der Waals surface area contributed by atoms with E-state index in [2.05, 4.69) is 23.4 Å². The Morgan fingerprint density at radius 1 is 1.20 bits per heavy atom. The lowest BCUT2D eigenvalue weighted by atomic mass is 9.99. The Balaban J connectivity index is 2.18. The van der Waals surface area contributed by atoms with E-state index in [0.29, 0.717) is 6.61 Å². The molecule has 4 heteroatoms. The van der Waals surface area contributed by atoms with Gasteiger partial charge in [0.05, 0.1) is 12.6 Å². The van der Waals surface area contributed by atoms with E-state index >= 15 is 0 Å². The van der Waals surface area contributed by atoms with Crippen LogP contribution in [0.15, 0.2) is 48.8 Å². The van der Waals surface area contributed by atoms with E-state index in [-0.39, 0.29) is 6.04 Å². The fraction of sp³-hybridized carbons (Fsp3) is 0.312. The second-order valence-corrected chi connectivity index (χ2v) is 4.67. The minimum absolute atomic E-state index is 0.0189. The molecule has 3 N–H and O–H groups in total. The first-order valence-corrected chi connectivity index (χ1v) is 6.92. The highest BCUT2D eigenvalue weighted by atomic mass is 16.5. The Morgan fingerprint density at radius 3 is 2.65 bits per heavy atom. The zero-order valence-electron chi connectivity index (χ0n) is 11.8. The van der Waals surface area contributed by atoms with Crippen molar-refractivity contribution in [1.82, 2.24) is 10.4 Å². The number of benzene rings is 1. The zero-order chi connectivity index (χ0) is 14.2. The fourth-order valence-electron chi connectivity index (χ4n) is 2.13. The number of hydrogen-bond donors (Lipinski definition) is 2. The largest absolute Gasteiger partial charge is 0.493 e. The first-order valence-electron chi connectivity index (χ1n) is 6.92. The van der Waals surface area contributed by atoms with Gasteiger partial charge in [0.1, 0.15) is 5.75 Å². The van der Waals surface area contributed by atoms with Crippen molar-refractivity contribution in [1.29, 1.82) is 0 Å². The first-order chi connectivity index (χ1) is 9.85. The molecule has 2 rings (SSSR count). The monoisotopic (exact) mass is 271 g/mol. The summed E-state index contributed by atoms with van der Waals surface area (Å²) >= 11 is 0. The Morgan fingerprint density at radius 2 is 1.95 bits per heavy atom. The van der Waals surface area contributed by atoms with Crippen molar-refractivity contribution in [2.24, 2.45) is 5.84 Å². The number of hydrogen-bond acceptors (Lipinski definition) is 4. The highest BCUT2D eigenvalue weighted by Crippen LogP contribution is 2.27. The third-order valence-electron chi connectivity index (χ3n) is 3.15. The van der Waals surface area contributed by atoms with Crippen molar-refractivity contribution in [3.8, 4) is 5.75 Å². The van der Waals surface area contributed by atoms with E-state index in [1.807, 2.05) is 30.3 Å². The van der Waals surface area contributed by atoms with Gasteiger partial charge in [-0.3, -0.25) is 16.3 Å². The van der Waals surface area contributed by atoms with Crippen LogP contribution in [0.4, 0.5) is 0 Å². The molecule has 1 aromatic carbocycles. The molecule has 0 saturated carbocycles. The molecule has 0 radical (unpaired) electrons. The predicted octanol–water partition coefficient (Wildman–Crippen LogP) is 2.62. The van der Waals surface area contributed by atoms with Crippen molar-refractivity contribution >= 4 is 0 Å². The number of pyridine rings is 1. The summed E-state index contributed by atoms with van der Waals surface area (Å²) in [5.41, 5.74) is 5.16. The van der Waals surface area contributed by atoms with E-state index in [9.17, 15) is 0 Å². The Kier molecular flexibility index (Phi) is 5.53. The summed E-state index contributed by atoms with van der Waals surface area (Å²) in [5, 5.41) is 0. The molecule has 1 aromatic heterocycles. The van der Waals surface area contributed by atoms with Crippen molar-refractivity contribution in [3.05, 3.63) is 59.9 Å². The number of rotatable bonds is 7. The highest BCUT2D eigenvalue weighted by Gasteiger charge is 2.15. The van der Waals surface area contributed by atoms with Crippen LogP contribution < -0.4 is 16.0 Å². The average molecular weight is 271 g/mol. The molecule has 4 nitrogen and oxygen atoms in total. The number of para-hydroxylation sites is 1. The van der Waals surface area contributed by atoms with E-state index < -0.39 is 0 Å². The number of nitrogens with zero attached hydrogens (tertiary/aromatic N) is 1. The van der Waals surface area contributed by atoms with E-state index in [0.717, 1.165) is 24.2 Å². The number of nitrogens with one attached hydrogen (secondary N) is 1. The quantitative estimate of drug-likeness (QED) is 0.600. The molecule has 1 atom stereocenters. The molecule has 0 spiro atoms. The molecule has 106 valence electrons. The van der Waals surface area contributed by atoms with Crippen LogP contribution in [0.25, 0.3) is 0 Å². The summed E-state index contributed by atoms with van der Waals surface area (Å²) in [4.78, 5) is 4.03. The molecule has 0 aliphatic heterocycles. The summed E-state index contributed by atoms with van der Waals surface area (Å²) in [6.07, 6.45) is 5.37. The summed E-state index contributed by atoms with van der Waals surface area (Å²) < 4.78 is 5.80. The second-order valence-electron chi connectivity index (χ2n) is 4.67. The first kappa shape index (κ1) is 14.5. The van der Waals surface area contributed by atoms with Crippen LogP contribution >= 0.6 is 0 Å². The number of hydrazine groups is 1. The number of nitrogens with two attached hydrogens (primary N) is 1. The van der Waals surface area contributed by atoms with Crippen LogP contribution in [-0.2, 0) is 6.42 Å². The summed E-state index contributed by atoms with van der Waals surface area (Å²) in [5.74, 6) is 6.62. The van der Waals surface area contributed by atoms with Crippen LogP contribution in [0.2, 0.25) is 0 Å². The molecule has 0 fully saturated rings. The average Bonchev–Trinajstić information content (AvgIpc) is 2.52. The van der Waals surface area contributed by atoms with Gasteiger partial charge in [-0.25, -0.2) is 0 Å². The summed E-state index contributed by atoms with van der Waals surface area (Å²) in [6, 6.07) is 12.0. The Labute approximate surface area is 120 Å². The van der Waals surface area contributed by atoms with Gasteiger partial charge in [-0.05, 0) is 36.6 Å². The SMILES string of the molecule is CCCOc1ccccc1C(Cc1ccncc1)NN. The van der Waals surface area contributed by atoms with Gasteiger partial charge in [0.25, 0.3) is 0 Å². The molecule has 0 aliphatic rings. The van der Waals surface area contributed by atoms with Crippen molar-refractivity contribution in [2.45, 2.75) is 25.8 Å². The number of aromatic nitrogens is 1. The third kappa shape index (κ3) is 3.79. The fourth-order valence-corrected chi connectivity index (χ4v) is 2.13. The molecule has 0 bridgehead atoms. The third-order valence-corrected chi connectivity index (χ3v) is 3.15. The van der Waals surface area contributed by atoms with Gasteiger partial charge in [0.15, 0.2) is 0 Å². The van der Waals surface area contributed by atoms with Gasteiger partial charge in [-0.1, -0.05) is 25.1 Å². The van der Waals surface area contributed by atoms with Gasteiger partial charge in [0.2, 0.25) is 0 Å².